The summed E-state index contributed by atoms with van der Waals surface area (Å²) in [6.07, 6.45) is 0. The number of benzene rings is 1. The predicted molar refractivity (Wildman–Crippen MR) is 73.5 cm³/mol. The number of carboxylic acid groups (broad SMARTS) is 1. The van der Waals surface area contributed by atoms with E-state index >= 15 is 0 Å². The molecule has 0 aliphatic rings. The van der Waals surface area contributed by atoms with Gasteiger partial charge in [0.25, 0.3) is 0 Å². The van der Waals surface area contributed by atoms with Crippen LogP contribution in [0, 0.1) is 0 Å². The summed E-state index contributed by atoms with van der Waals surface area (Å²) in [5, 5.41) is 8.92. The summed E-state index contributed by atoms with van der Waals surface area (Å²) in [6, 6.07) is 9.64. The molecule has 1 rings (SSSR count). The van der Waals surface area contributed by atoms with Crippen molar-refractivity contribution in [2.24, 2.45) is 0 Å². The van der Waals surface area contributed by atoms with Crippen LogP contribution in [0.25, 0.3) is 0 Å². The van der Waals surface area contributed by atoms with Crippen molar-refractivity contribution >= 4 is 11.9 Å². The summed E-state index contributed by atoms with van der Waals surface area (Å²) in [5.41, 5.74) is 1.40. The molecule has 102 valence electrons. The number of likely N-dealkylation sites (N-methyl/N-ethyl adjacent to an activating group) is 1. The molecule has 0 radical (unpaired) electrons. The molecular formula is C15H19NO3. The van der Waals surface area contributed by atoms with Gasteiger partial charge < -0.3 is 10.0 Å². The fraction of sp³-hybridized carbons (Fsp3) is 0.333. The Labute approximate surface area is 113 Å². The number of nitrogens with zero attached hydrogens (tertiary/aromatic N) is 1. The van der Waals surface area contributed by atoms with Crippen LogP contribution >= 0.6 is 0 Å². The van der Waals surface area contributed by atoms with Gasteiger partial charge in [0.05, 0.1) is 0 Å². The molecule has 4 nitrogen and oxygen atoms in total. The summed E-state index contributed by atoms with van der Waals surface area (Å²) < 4.78 is 0. The molecule has 0 heterocycles. The first-order chi connectivity index (χ1) is 8.97. The number of rotatable bonds is 5. The molecule has 4 heteroatoms. The van der Waals surface area contributed by atoms with Crippen molar-refractivity contribution < 1.29 is 14.7 Å². The van der Waals surface area contributed by atoms with Crippen LogP contribution in [0.2, 0.25) is 0 Å². The van der Waals surface area contributed by atoms with Gasteiger partial charge in [0.2, 0.25) is 5.91 Å². The van der Waals surface area contributed by atoms with Gasteiger partial charge in [0, 0.05) is 24.2 Å². The maximum atomic E-state index is 12.2. The van der Waals surface area contributed by atoms with E-state index < -0.39 is 5.97 Å². The van der Waals surface area contributed by atoms with Crippen LogP contribution in [-0.2, 0) is 16.1 Å². The minimum Gasteiger partial charge on any atom is -0.478 e. The van der Waals surface area contributed by atoms with E-state index in [-0.39, 0.29) is 17.1 Å². The lowest BCUT2D eigenvalue weighted by atomic mass is 10.1. The first-order valence-corrected chi connectivity index (χ1v) is 6.21. The molecule has 0 saturated heterocycles. The van der Waals surface area contributed by atoms with Crippen molar-refractivity contribution in [3.63, 3.8) is 0 Å². The predicted octanol–water partition coefficient (Wildman–Crippen LogP) is 2.46. The van der Waals surface area contributed by atoms with E-state index in [2.05, 4.69) is 0 Å². The second-order valence-corrected chi connectivity index (χ2v) is 4.36. The average molecular weight is 261 g/mol. The van der Waals surface area contributed by atoms with E-state index in [1.807, 2.05) is 37.3 Å². The summed E-state index contributed by atoms with van der Waals surface area (Å²) in [4.78, 5) is 24.8. The molecule has 0 atom stereocenters. The van der Waals surface area contributed by atoms with Gasteiger partial charge in [-0.15, -0.1) is 0 Å². The summed E-state index contributed by atoms with van der Waals surface area (Å²) in [5.74, 6) is -1.28. The van der Waals surface area contributed by atoms with E-state index in [1.165, 1.54) is 6.92 Å². The number of carbonyl (C=O) groups is 2. The fourth-order valence-corrected chi connectivity index (χ4v) is 1.69. The van der Waals surface area contributed by atoms with Crippen LogP contribution in [0.5, 0.6) is 0 Å². The topological polar surface area (TPSA) is 57.6 Å². The highest BCUT2D eigenvalue weighted by atomic mass is 16.4. The molecule has 19 heavy (non-hydrogen) atoms. The zero-order valence-electron chi connectivity index (χ0n) is 11.5. The Morgan fingerprint density at radius 2 is 1.68 bits per heavy atom. The molecule has 0 fully saturated rings. The quantitative estimate of drug-likeness (QED) is 0.828. The minimum absolute atomic E-state index is 0.0940. The van der Waals surface area contributed by atoms with E-state index in [0.717, 1.165) is 5.56 Å². The third kappa shape index (κ3) is 3.95. The SMILES string of the molecule is CCN(Cc1ccccc1)C(=O)C(C)=C(C)C(=O)O. The average Bonchev–Trinajstić information content (AvgIpc) is 2.43. The van der Waals surface area contributed by atoms with E-state index in [9.17, 15) is 9.59 Å². The zero-order chi connectivity index (χ0) is 14.4. The third-order valence-electron chi connectivity index (χ3n) is 3.09. The lowest BCUT2D eigenvalue weighted by Crippen LogP contribution is -2.31. The Morgan fingerprint density at radius 3 is 2.16 bits per heavy atom. The van der Waals surface area contributed by atoms with Gasteiger partial charge in [-0.25, -0.2) is 4.79 Å². The second-order valence-electron chi connectivity index (χ2n) is 4.36. The van der Waals surface area contributed by atoms with Crippen LogP contribution in [0.4, 0.5) is 0 Å². The van der Waals surface area contributed by atoms with Crippen molar-refractivity contribution in [3.8, 4) is 0 Å². The Kier molecular flexibility index (Phi) is 5.30. The second kappa shape index (κ2) is 6.73. The summed E-state index contributed by atoms with van der Waals surface area (Å²) in [7, 11) is 0. The maximum Gasteiger partial charge on any atom is 0.331 e. The number of carbonyl (C=O) groups excluding carboxylic acids is 1. The zero-order valence-corrected chi connectivity index (χ0v) is 11.5. The summed E-state index contributed by atoms with van der Waals surface area (Å²) >= 11 is 0. The van der Waals surface area contributed by atoms with E-state index in [0.29, 0.717) is 13.1 Å². The van der Waals surface area contributed by atoms with Crippen LogP contribution in [0.1, 0.15) is 26.3 Å². The fourth-order valence-electron chi connectivity index (χ4n) is 1.69. The molecule has 1 amide bonds. The van der Waals surface area contributed by atoms with Crippen molar-refractivity contribution in [1.29, 1.82) is 0 Å². The molecule has 0 bridgehead atoms. The van der Waals surface area contributed by atoms with Crippen LogP contribution in [0.15, 0.2) is 41.5 Å². The largest absolute Gasteiger partial charge is 0.478 e. The Balaban J connectivity index is 2.89. The van der Waals surface area contributed by atoms with Crippen molar-refractivity contribution in [2.75, 3.05) is 6.54 Å². The smallest absolute Gasteiger partial charge is 0.331 e. The standard InChI is InChI=1S/C15H19NO3/c1-4-16(10-13-8-6-5-7-9-13)14(17)11(2)12(3)15(18)19/h5-9H,4,10H2,1-3H3,(H,18,19). The molecule has 0 saturated carbocycles. The molecule has 0 aromatic heterocycles. The molecule has 0 aliphatic carbocycles. The van der Waals surface area contributed by atoms with Gasteiger partial charge in [0.15, 0.2) is 0 Å². The van der Waals surface area contributed by atoms with Crippen molar-refractivity contribution in [1.82, 2.24) is 4.90 Å². The maximum absolute atomic E-state index is 12.2. The Hall–Kier alpha value is -2.10. The van der Waals surface area contributed by atoms with Crippen LogP contribution in [0.3, 0.4) is 0 Å². The van der Waals surface area contributed by atoms with Gasteiger partial charge >= 0.3 is 5.97 Å². The number of amides is 1. The van der Waals surface area contributed by atoms with E-state index in [4.69, 9.17) is 5.11 Å². The lowest BCUT2D eigenvalue weighted by molar-refractivity contribution is -0.134. The number of carboxylic acids is 1. The van der Waals surface area contributed by atoms with Crippen LogP contribution < -0.4 is 0 Å². The Morgan fingerprint density at radius 1 is 1.11 bits per heavy atom. The van der Waals surface area contributed by atoms with Crippen molar-refractivity contribution in [2.45, 2.75) is 27.3 Å². The highest BCUT2D eigenvalue weighted by molar-refractivity contribution is 6.01. The van der Waals surface area contributed by atoms with Gasteiger partial charge in [-0.2, -0.15) is 0 Å². The molecule has 0 unspecified atom stereocenters. The monoisotopic (exact) mass is 261 g/mol. The first kappa shape index (κ1) is 15.0. The summed E-state index contributed by atoms with van der Waals surface area (Å²) in [6.45, 7) is 5.91. The van der Waals surface area contributed by atoms with Crippen molar-refractivity contribution in [3.05, 3.63) is 47.0 Å². The van der Waals surface area contributed by atoms with Crippen LogP contribution in [-0.4, -0.2) is 28.4 Å². The molecular weight excluding hydrogens is 242 g/mol. The Bertz CT molecular complexity index is 491. The molecule has 0 aliphatic heterocycles. The number of hydrogen-bond donors (Lipinski definition) is 1. The number of aliphatic carboxylic acids is 1. The number of hydrogen-bond acceptors (Lipinski definition) is 2. The molecule has 0 spiro atoms. The molecule has 1 N–H and O–H groups in total. The highest BCUT2D eigenvalue weighted by Crippen LogP contribution is 2.11. The molecule has 1 aromatic rings. The first-order valence-electron chi connectivity index (χ1n) is 6.21. The lowest BCUT2D eigenvalue weighted by Gasteiger charge is -2.22. The van der Waals surface area contributed by atoms with Gasteiger partial charge in [-0.3, -0.25) is 4.79 Å². The highest BCUT2D eigenvalue weighted by Gasteiger charge is 2.18. The van der Waals surface area contributed by atoms with E-state index in [1.54, 1.807) is 11.8 Å². The molecule has 1 aromatic carbocycles. The normalized spacial score (nSPS) is 11.7. The minimum atomic E-state index is -1.05. The third-order valence-corrected chi connectivity index (χ3v) is 3.09. The van der Waals surface area contributed by atoms with Gasteiger partial charge in [-0.1, -0.05) is 30.3 Å². The van der Waals surface area contributed by atoms with Gasteiger partial charge in [0.1, 0.15) is 0 Å². The van der Waals surface area contributed by atoms with Gasteiger partial charge in [-0.05, 0) is 26.3 Å².